The highest BCUT2D eigenvalue weighted by Gasteiger charge is 1.90. The highest BCUT2D eigenvalue weighted by Crippen LogP contribution is 1.92. The Balaban J connectivity index is 2.72. The minimum absolute atomic E-state index is 1.24. The molecule has 0 aliphatic heterocycles. The predicted octanol–water partition coefficient (Wildman–Crippen LogP) is 1.12. The molecule has 0 saturated carbocycles. The van der Waals surface area contributed by atoms with Gasteiger partial charge in [0.2, 0.25) is 7.41 Å². The Morgan fingerprint density at radius 3 is 2.38 bits per heavy atom. The summed E-state index contributed by atoms with van der Waals surface area (Å²) in [5, 5.41) is 0. The monoisotopic (exact) mass is 113 g/mol. The molecule has 0 aromatic carbocycles. The minimum Gasteiger partial charge on any atom is -0.350 e. The van der Waals surface area contributed by atoms with Crippen LogP contribution in [0.3, 0.4) is 0 Å². The molecular weight excluding hydrogens is 96.9 g/mol. The number of nitrogens with zero attached hydrogens (tertiary/aromatic N) is 1. The van der Waals surface area contributed by atoms with Crippen molar-refractivity contribution in [3.63, 3.8) is 0 Å². The quantitative estimate of drug-likeness (QED) is 0.390. The van der Waals surface area contributed by atoms with Gasteiger partial charge in [0.1, 0.15) is 0 Å². The Hall–Kier alpha value is 0.0249. The summed E-state index contributed by atoms with van der Waals surface area (Å²) in [7, 11) is 5.49. The van der Waals surface area contributed by atoms with Crippen LogP contribution in [0, 0.1) is 0 Å². The van der Waals surface area contributed by atoms with Crippen molar-refractivity contribution >= 4 is 7.41 Å². The van der Waals surface area contributed by atoms with Crippen LogP contribution in [-0.4, -0.2) is 26.3 Å². The van der Waals surface area contributed by atoms with Crippen LogP contribution in [0.4, 0.5) is 0 Å². The van der Waals surface area contributed by atoms with Gasteiger partial charge in [0.25, 0.3) is 0 Å². The minimum atomic E-state index is 1.24. The molecule has 0 rings (SSSR count). The zero-order chi connectivity index (χ0) is 6.41. The molecule has 0 radical (unpaired) electrons. The molecule has 48 valence electrons. The van der Waals surface area contributed by atoms with E-state index in [1.54, 1.807) is 0 Å². The molecule has 0 atom stereocenters. The van der Waals surface area contributed by atoms with Crippen LogP contribution in [0.2, 0.25) is 6.32 Å². The zero-order valence-electron chi connectivity index (χ0n) is 6.28. The van der Waals surface area contributed by atoms with Gasteiger partial charge in [0.05, 0.1) is 0 Å². The van der Waals surface area contributed by atoms with E-state index in [4.69, 9.17) is 0 Å². The predicted molar refractivity (Wildman–Crippen MR) is 40.6 cm³/mol. The van der Waals surface area contributed by atoms with Crippen LogP contribution >= 0.6 is 0 Å². The zero-order valence-corrected chi connectivity index (χ0v) is 6.28. The van der Waals surface area contributed by atoms with E-state index in [-0.39, 0.29) is 0 Å². The van der Waals surface area contributed by atoms with Crippen LogP contribution in [0.5, 0.6) is 0 Å². The average Bonchev–Trinajstić information content (AvgIpc) is 1.66. The van der Waals surface area contributed by atoms with Gasteiger partial charge in [-0.15, -0.1) is 0 Å². The molecular formula is C6H16BN. The molecule has 0 heterocycles. The Labute approximate surface area is 53.3 Å². The summed E-state index contributed by atoms with van der Waals surface area (Å²) in [6.45, 7) is 2.23. The maximum atomic E-state index is 2.23. The van der Waals surface area contributed by atoms with Gasteiger partial charge in [-0.05, 0) is 14.1 Å². The number of hydrogen-bond donors (Lipinski definition) is 0. The molecule has 0 aliphatic carbocycles. The SMILES string of the molecule is CCCCBN(C)C. The number of rotatable bonds is 4. The highest BCUT2D eigenvalue weighted by atomic mass is 15.0. The van der Waals surface area contributed by atoms with Crippen LogP contribution in [0.15, 0.2) is 0 Å². The summed E-state index contributed by atoms with van der Waals surface area (Å²) in [6, 6.07) is 0. The first-order chi connectivity index (χ1) is 3.77. The van der Waals surface area contributed by atoms with E-state index in [1.165, 1.54) is 26.6 Å². The standard InChI is InChI=1S/C6H16BN/c1-4-5-6-7-8(2)3/h7H,4-6H2,1-3H3. The van der Waals surface area contributed by atoms with Crippen LogP contribution in [0.1, 0.15) is 19.8 Å². The topological polar surface area (TPSA) is 3.24 Å². The molecule has 0 spiro atoms. The molecule has 0 N–H and O–H groups in total. The third-order valence-electron chi connectivity index (χ3n) is 1.21. The fourth-order valence-corrected chi connectivity index (χ4v) is 0.678. The van der Waals surface area contributed by atoms with E-state index in [1.807, 2.05) is 0 Å². The summed E-state index contributed by atoms with van der Waals surface area (Å²) in [5.74, 6) is 0. The summed E-state index contributed by atoms with van der Waals surface area (Å²) >= 11 is 0. The largest absolute Gasteiger partial charge is 0.350 e. The molecule has 8 heavy (non-hydrogen) atoms. The third-order valence-corrected chi connectivity index (χ3v) is 1.21. The molecule has 0 unspecified atom stereocenters. The maximum absolute atomic E-state index is 2.23. The van der Waals surface area contributed by atoms with Crippen molar-refractivity contribution < 1.29 is 0 Å². The van der Waals surface area contributed by atoms with Crippen molar-refractivity contribution in [2.24, 2.45) is 0 Å². The van der Waals surface area contributed by atoms with Gasteiger partial charge >= 0.3 is 0 Å². The second-order valence-electron chi connectivity index (χ2n) is 2.51. The lowest BCUT2D eigenvalue weighted by atomic mass is 9.85. The summed E-state index contributed by atoms with van der Waals surface area (Å²) < 4.78 is 0. The average molecular weight is 113 g/mol. The van der Waals surface area contributed by atoms with E-state index in [2.05, 4.69) is 25.8 Å². The first-order valence-corrected chi connectivity index (χ1v) is 3.42. The van der Waals surface area contributed by atoms with Crippen molar-refractivity contribution in [3.8, 4) is 0 Å². The Bertz CT molecular complexity index is 45.8. The summed E-state index contributed by atoms with van der Waals surface area (Å²) in [4.78, 5) is 2.23. The molecule has 0 saturated heterocycles. The first-order valence-electron chi connectivity index (χ1n) is 3.42. The fraction of sp³-hybridized carbons (Fsp3) is 1.00. The molecule has 0 bridgehead atoms. The molecule has 1 nitrogen and oxygen atoms in total. The lowest BCUT2D eigenvalue weighted by Gasteiger charge is -2.04. The van der Waals surface area contributed by atoms with E-state index < -0.39 is 0 Å². The van der Waals surface area contributed by atoms with Crippen molar-refractivity contribution in [2.45, 2.75) is 26.1 Å². The van der Waals surface area contributed by atoms with E-state index >= 15 is 0 Å². The van der Waals surface area contributed by atoms with E-state index in [0.29, 0.717) is 0 Å². The van der Waals surface area contributed by atoms with Crippen molar-refractivity contribution in [1.29, 1.82) is 0 Å². The van der Waals surface area contributed by atoms with E-state index in [9.17, 15) is 0 Å². The van der Waals surface area contributed by atoms with Crippen LogP contribution < -0.4 is 0 Å². The second-order valence-corrected chi connectivity index (χ2v) is 2.51. The van der Waals surface area contributed by atoms with Gasteiger partial charge in [-0.2, -0.15) is 0 Å². The first kappa shape index (κ1) is 8.02. The molecule has 0 fully saturated rings. The van der Waals surface area contributed by atoms with Gasteiger partial charge in [0, 0.05) is 0 Å². The Morgan fingerprint density at radius 2 is 2.00 bits per heavy atom. The summed E-state index contributed by atoms with van der Waals surface area (Å²) in [6.07, 6.45) is 4.05. The van der Waals surface area contributed by atoms with Crippen molar-refractivity contribution in [3.05, 3.63) is 0 Å². The molecule has 0 aliphatic rings. The smallest absolute Gasteiger partial charge is 0.203 e. The van der Waals surface area contributed by atoms with Crippen molar-refractivity contribution in [2.75, 3.05) is 14.1 Å². The van der Waals surface area contributed by atoms with Gasteiger partial charge < -0.3 is 4.81 Å². The third kappa shape index (κ3) is 6.02. The molecule has 0 aromatic heterocycles. The number of hydrogen-bond acceptors (Lipinski definition) is 1. The van der Waals surface area contributed by atoms with Gasteiger partial charge in [-0.25, -0.2) is 0 Å². The van der Waals surface area contributed by atoms with E-state index in [0.717, 1.165) is 0 Å². The lowest BCUT2D eigenvalue weighted by molar-refractivity contribution is 0.651. The van der Waals surface area contributed by atoms with Gasteiger partial charge in [-0.3, -0.25) is 0 Å². The highest BCUT2D eigenvalue weighted by molar-refractivity contribution is 6.31. The maximum Gasteiger partial charge on any atom is 0.203 e. The normalized spacial score (nSPS) is 10.0. The Morgan fingerprint density at radius 1 is 1.38 bits per heavy atom. The number of unbranched alkanes of at least 4 members (excludes halogenated alkanes) is 1. The van der Waals surface area contributed by atoms with Crippen LogP contribution in [0.25, 0.3) is 0 Å². The van der Waals surface area contributed by atoms with Crippen LogP contribution in [-0.2, 0) is 0 Å². The van der Waals surface area contributed by atoms with Crippen molar-refractivity contribution in [1.82, 2.24) is 4.81 Å². The van der Waals surface area contributed by atoms with Gasteiger partial charge in [0.15, 0.2) is 0 Å². The lowest BCUT2D eigenvalue weighted by Crippen LogP contribution is -2.16. The second kappa shape index (κ2) is 5.17. The Kier molecular flexibility index (Phi) is 5.18. The fourth-order valence-electron chi connectivity index (χ4n) is 0.678. The summed E-state index contributed by atoms with van der Waals surface area (Å²) in [5.41, 5.74) is 0. The molecule has 0 aromatic rings. The molecule has 2 heteroatoms. The molecule has 0 amide bonds. The van der Waals surface area contributed by atoms with Gasteiger partial charge in [-0.1, -0.05) is 26.1 Å².